The van der Waals surface area contributed by atoms with E-state index in [-0.39, 0.29) is 16.9 Å². The first kappa shape index (κ1) is 21.3. The summed E-state index contributed by atoms with van der Waals surface area (Å²) in [6, 6.07) is 10.4. The molecule has 9 nitrogen and oxygen atoms in total. The van der Waals surface area contributed by atoms with Gasteiger partial charge in [-0.1, -0.05) is 11.8 Å². The maximum Gasteiger partial charge on any atom is 0.277 e. The first-order chi connectivity index (χ1) is 14.6. The van der Waals surface area contributed by atoms with Crippen LogP contribution in [0.25, 0.3) is 11.5 Å². The zero-order valence-corrected chi connectivity index (χ0v) is 17.7. The molecular weight excluding hydrogens is 410 g/mol. The van der Waals surface area contributed by atoms with Gasteiger partial charge in [-0.05, 0) is 24.3 Å². The number of ether oxygens (including phenoxy) is 4. The van der Waals surface area contributed by atoms with E-state index in [1.54, 1.807) is 57.7 Å². The summed E-state index contributed by atoms with van der Waals surface area (Å²) in [5.74, 6) is 2.48. The van der Waals surface area contributed by atoms with Gasteiger partial charge in [0.1, 0.15) is 11.5 Å². The van der Waals surface area contributed by atoms with Gasteiger partial charge in [-0.25, -0.2) is 0 Å². The van der Waals surface area contributed by atoms with Crippen molar-refractivity contribution in [2.75, 3.05) is 39.5 Å². The van der Waals surface area contributed by atoms with Crippen LogP contribution in [0.3, 0.4) is 0 Å². The second-order valence-corrected chi connectivity index (χ2v) is 6.81. The van der Waals surface area contributed by atoms with Crippen LogP contribution >= 0.6 is 11.8 Å². The lowest BCUT2D eigenvalue weighted by atomic mass is 10.2. The van der Waals surface area contributed by atoms with E-state index >= 15 is 0 Å². The van der Waals surface area contributed by atoms with Crippen molar-refractivity contribution in [1.82, 2.24) is 10.2 Å². The minimum atomic E-state index is -0.227. The number of methoxy groups -OCH3 is 4. The molecule has 3 rings (SSSR count). The lowest BCUT2D eigenvalue weighted by Gasteiger charge is -2.10. The number of carbonyl (C=O) groups excluding carboxylic acids is 1. The predicted molar refractivity (Wildman–Crippen MR) is 112 cm³/mol. The maximum absolute atomic E-state index is 12.3. The Hall–Kier alpha value is -3.40. The number of thioether (sulfide) groups is 1. The Balaban J connectivity index is 1.62. The number of carbonyl (C=O) groups is 1. The van der Waals surface area contributed by atoms with Crippen LogP contribution in [0.15, 0.2) is 46.0 Å². The summed E-state index contributed by atoms with van der Waals surface area (Å²) in [7, 11) is 6.20. The standard InChI is InChI=1S/C20H21N3O6S/c1-25-14-7-12(8-15(10-14)26-2)19-22-23-20(29-19)30-11-18(24)21-13-5-6-16(27-3)17(9-13)28-4/h5-10H,11H2,1-4H3,(H,21,24). The number of rotatable bonds is 9. The van der Waals surface area contributed by atoms with E-state index in [1.165, 1.54) is 7.11 Å². The summed E-state index contributed by atoms with van der Waals surface area (Å²) in [5.41, 5.74) is 1.24. The van der Waals surface area contributed by atoms with Crippen molar-refractivity contribution in [3.05, 3.63) is 36.4 Å². The molecule has 0 spiro atoms. The molecule has 0 aliphatic carbocycles. The van der Waals surface area contributed by atoms with Gasteiger partial charge >= 0.3 is 0 Å². The molecule has 3 aromatic rings. The van der Waals surface area contributed by atoms with Gasteiger partial charge in [0.2, 0.25) is 11.8 Å². The summed E-state index contributed by atoms with van der Waals surface area (Å²) in [6.45, 7) is 0. The topological polar surface area (TPSA) is 105 Å². The fourth-order valence-electron chi connectivity index (χ4n) is 2.55. The SMILES string of the molecule is COc1cc(OC)cc(-c2nnc(SCC(=O)Nc3ccc(OC)c(OC)c3)o2)c1. The van der Waals surface area contributed by atoms with Gasteiger partial charge in [0.25, 0.3) is 5.22 Å². The smallest absolute Gasteiger partial charge is 0.277 e. The number of hydrogen-bond acceptors (Lipinski definition) is 9. The van der Waals surface area contributed by atoms with Crippen LogP contribution in [0.4, 0.5) is 5.69 Å². The molecule has 0 aliphatic rings. The lowest BCUT2D eigenvalue weighted by molar-refractivity contribution is -0.113. The summed E-state index contributed by atoms with van der Waals surface area (Å²) >= 11 is 1.13. The molecule has 1 N–H and O–H groups in total. The van der Waals surface area contributed by atoms with Crippen LogP contribution in [-0.4, -0.2) is 50.3 Å². The van der Waals surface area contributed by atoms with Crippen LogP contribution in [0.1, 0.15) is 0 Å². The number of amides is 1. The highest BCUT2D eigenvalue weighted by molar-refractivity contribution is 7.99. The van der Waals surface area contributed by atoms with Crippen molar-refractivity contribution >= 4 is 23.4 Å². The Morgan fingerprint density at radius 1 is 0.933 bits per heavy atom. The van der Waals surface area contributed by atoms with Crippen LogP contribution < -0.4 is 24.3 Å². The van der Waals surface area contributed by atoms with Crippen molar-refractivity contribution < 1.29 is 28.2 Å². The normalized spacial score (nSPS) is 10.4. The molecule has 0 aliphatic heterocycles. The first-order valence-electron chi connectivity index (χ1n) is 8.78. The predicted octanol–water partition coefficient (Wildman–Crippen LogP) is 3.50. The minimum Gasteiger partial charge on any atom is -0.497 e. The second-order valence-electron chi connectivity index (χ2n) is 5.88. The maximum atomic E-state index is 12.3. The van der Waals surface area contributed by atoms with E-state index in [4.69, 9.17) is 23.4 Å². The molecule has 1 heterocycles. The van der Waals surface area contributed by atoms with Gasteiger partial charge < -0.3 is 28.7 Å². The summed E-state index contributed by atoms with van der Waals surface area (Å²) in [6.07, 6.45) is 0. The molecular formula is C20H21N3O6S. The molecule has 0 atom stereocenters. The highest BCUT2D eigenvalue weighted by Gasteiger charge is 2.14. The largest absolute Gasteiger partial charge is 0.497 e. The van der Waals surface area contributed by atoms with E-state index in [0.717, 1.165) is 11.8 Å². The highest BCUT2D eigenvalue weighted by Crippen LogP contribution is 2.31. The summed E-state index contributed by atoms with van der Waals surface area (Å²) in [5, 5.41) is 11.1. The number of nitrogens with one attached hydrogen (secondary N) is 1. The molecule has 158 valence electrons. The van der Waals surface area contributed by atoms with E-state index in [2.05, 4.69) is 15.5 Å². The summed E-state index contributed by atoms with van der Waals surface area (Å²) < 4.78 is 26.6. The third kappa shape index (κ3) is 5.15. The molecule has 2 aromatic carbocycles. The fraction of sp³-hybridized carbons (Fsp3) is 0.250. The van der Waals surface area contributed by atoms with Crippen molar-refractivity contribution in [2.24, 2.45) is 0 Å². The van der Waals surface area contributed by atoms with E-state index in [0.29, 0.717) is 40.1 Å². The van der Waals surface area contributed by atoms with Gasteiger partial charge in [0, 0.05) is 23.4 Å². The Labute approximate surface area is 177 Å². The molecule has 0 bridgehead atoms. The Morgan fingerprint density at radius 2 is 1.63 bits per heavy atom. The van der Waals surface area contributed by atoms with Crippen molar-refractivity contribution in [1.29, 1.82) is 0 Å². The number of anilines is 1. The molecule has 0 saturated heterocycles. The molecule has 1 aromatic heterocycles. The third-order valence-corrected chi connectivity index (χ3v) is 4.82. The summed E-state index contributed by atoms with van der Waals surface area (Å²) in [4.78, 5) is 12.3. The molecule has 0 saturated carbocycles. The minimum absolute atomic E-state index is 0.0947. The molecule has 30 heavy (non-hydrogen) atoms. The van der Waals surface area contributed by atoms with Crippen LogP contribution in [0, 0.1) is 0 Å². The van der Waals surface area contributed by atoms with Crippen LogP contribution in [-0.2, 0) is 4.79 Å². The Morgan fingerprint density at radius 3 is 2.27 bits per heavy atom. The molecule has 0 unspecified atom stereocenters. The fourth-order valence-corrected chi connectivity index (χ4v) is 3.12. The number of hydrogen-bond donors (Lipinski definition) is 1. The van der Waals surface area contributed by atoms with E-state index in [9.17, 15) is 4.79 Å². The molecule has 0 radical (unpaired) electrons. The lowest BCUT2D eigenvalue weighted by Crippen LogP contribution is -2.14. The molecule has 0 fully saturated rings. The zero-order valence-electron chi connectivity index (χ0n) is 16.9. The van der Waals surface area contributed by atoms with Gasteiger partial charge in [0.05, 0.1) is 34.2 Å². The van der Waals surface area contributed by atoms with Crippen LogP contribution in [0.2, 0.25) is 0 Å². The average molecular weight is 431 g/mol. The first-order valence-corrected chi connectivity index (χ1v) is 9.76. The van der Waals surface area contributed by atoms with Crippen LogP contribution in [0.5, 0.6) is 23.0 Å². The Bertz CT molecular complexity index is 1000. The number of benzene rings is 2. The van der Waals surface area contributed by atoms with Gasteiger partial charge in [-0.2, -0.15) is 0 Å². The van der Waals surface area contributed by atoms with Crippen molar-refractivity contribution in [3.63, 3.8) is 0 Å². The average Bonchev–Trinajstić information content (AvgIpc) is 3.26. The van der Waals surface area contributed by atoms with E-state index in [1.807, 2.05) is 0 Å². The molecule has 10 heteroatoms. The molecule has 1 amide bonds. The number of aromatic nitrogens is 2. The second kappa shape index (κ2) is 9.88. The van der Waals surface area contributed by atoms with Crippen molar-refractivity contribution in [3.8, 4) is 34.5 Å². The number of nitrogens with zero attached hydrogens (tertiary/aromatic N) is 2. The van der Waals surface area contributed by atoms with Crippen molar-refractivity contribution in [2.45, 2.75) is 5.22 Å². The quantitative estimate of drug-likeness (QED) is 0.510. The van der Waals surface area contributed by atoms with Gasteiger partial charge in [-0.3, -0.25) is 4.79 Å². The van der Waals surface area contributed by atoms with Gasteiger partial charge in [0.15, 0.2) is 11.5 Å². The van der Waals surface area contributed by atoms with E-state index < -0.39 is 0 Å². The van der Waals surface area contributed by atoms with Gasteiger partial charge in [-0.15, -0.1) is 10.2 Å². The monoisotopic (exact) mass is 431 g/mol. The Kier molecular flexibility index (Phi) is 7.02. The highest BCUT2D eigenvalue weighted by atomic mass is 32.2. The third-order valence-electron chi connectivity index (χ3n) is 4.00. The zero-order chi connectivity index (χ0) is 21.5.